The standard InChI is InChI=1S/C13H14O3/c1-2-13(12(15)16)8-7-11(14)9-5-3-4-6-10(9)13/h3-6H,2,7-8H2,1H3,(H,15,16)/t13-/m1/s1. The van der Waals surface area contributed by atoms with Crippen molar-refractivity contribution in [3.05, 3.63) is 35.4 Å². The Balaban J connectivity index is 2.65. The molecule has 3 heteroatoms. The lowest BCUT2D eigenvalue weighted by atomic mass is 9.68. The summed E-state index contributed by atoms with van der Waals surface area (Å²) in [6, 6.07) is 7.07. The van der Waals surface area contributed by atoms with Gasteiger partial charge in [0, 0.05) is 12.0 Å². The molecule has 0 spiro atoms. The maximum atomic E-state index is 11.7. The molecule has 0 aliphatic heterocycles. The average Bonchev–Trinajstić information content (AvgIpc) is 2.30. The highest BCUT2D eigenvalue weighted by Crippen LogP contribution is 2.40. The van der Waals surface area contributed by atoms with E-state index in [-0.39, 0.29) is 5.78 Å². The molecule has 84 valence electrons. The van der Waals surface area contributed by atoms with E-state index in [1.165, 1.54) is 0 Å². The van der Waals surface area contributed by atoms with Gasteiger partial charge in [-0.2, -0.15) is 0 Å². The van der Waals surface area contributed by atoms with Crippen molar-refractivity contribution in [3.63, 3.8) is 0 Å². The van der Waals surface area contributed by atoms with Crippen LogP contribution < -0.4 is 0 Å². The maximum Gasteiger partial charge on any atom is 0.314 e. The Hall–Kier alpha value is -1.64. The van der Waals surface area contributed by atoms with Crippen LogP contribution in [0.25, 0.3) is 0 Å². The normalized spacial score (nSPS) is 23.9. The molecule has 3 nitrogen and oxygen atoms in total. The zero-order valence-corrected chi connectivity index (χ0v) is 9.19. The number of rotatable bonds is 2. The van der Waals surface area contributed by atoms with E-state index < -0.39 is 11.4 Å². The lowest BCUT2D eigenvalue weighted by molar-refractivity contribution is -0.144. The van der Waals surface area contributed by atoms with Crippen LogP contribution in [0.3, 0.4) is 0 Å². The Morgan fingerprint density at radius 1 is 1.44 bits per heavy atom. The van der Waals surface area contributed by atoms with Crippen molar-refractivity contribution in [2.24, 2.45) is 0 Å². The van der Waals surface area contributed by atoms with Crippen molar-refractivity contribution >= 4 is 11.8 Å². The van der Waals surface area contributed by atoms with Crippen LogP contribution in [0.5, 0.6) is 0 Å². The van der Waals surface area contributed by atoms with Crippen LogP contribution in [0.1, 0.15) is 42.1 Å². The second kappa shape index (κ2) is 3.74. The van der Waals surface area contributed by atoms with Crippen molar-refractivity contribution in [2.75, 3.05) is 0 Å². The van der Waals surface area contributed by atoms with Crippen molar-refractivity contribution in [1.29, 1.82) is 0 Å². The van der Waals surface area contributed by atoms with Gasteiger partial charge in [0.2, 0.25) is 0 Å². The lowest BCUT2D eigenvalue weighted by Crippen LogP contribution is -2.40. The summed E-state index contributed by atoms with van der Waals surface area (Å²) in [6.45, 7) is 1.86. The number of hydrogen-bond acceptors (Lipinski definition) is 2. The Morgan fingerprint density at radius 3 is 2.75 bits per heavy atom. The van der Waals surface area contributed by atoms with E-state index in [0.717, 1.165) is 0 Å². The summed E-state index contributed by atoms with van der Waals surface area (Å²) in [6.07, 6.45) is 1.26. The smallest absolute Gasteiger partial charge is 0.314 e. The van der Waals surface area contributed by atoms with E-state index in [4.69, 9.17) is 0 Å². The third-order valence-corrected chi connectivity index (χ3v) is 3.53. The van der Waals surface area contributed by atoms with Gasteiger partial charge in [-0.1, -0.05) is 31.2 Å². The van der Waals surface area contributed by atoms with Gasteiger partial charge in [0.15, 0.2) is 5.78 Å². The Labute approximate surface area is 94.1 Å². The van der Waals surface area contributed by atoms with Gasteiger partial charge in [-0.3, -0.25) is 9.59 Å². The number of hydrogen-bond donors (Lipinski definition) is 1. The zero-order chi connectivity index (χ0) is 11.8. The number of carboxylic acids is 1. The van der Waals surface area contributed by atoms with Crippen LogP contribution in [0.15, 0.2) is 24.3 Å². The van der Waals surface area contributed by atoms with Gasteiger partial charge in [0.25, 0.3) is 0 Å². The zero-order valence-electron chi connectivity index (χ0n) is 9.19. The monoisotopic (exact) mass is 218 g/mol. The minimum absolute atomic E-state index is 0.0564. The molecule has 0 saturated carbocycles. The largest absolute Gasteiger partial charge is 0.481 e. The molecular weight excluding hydrogens is 204 g/mol. The van der Waals surface area contributed by atoms with E-state index >= 15 is 0 Å². The topological polar surface area (TPSA) is 54.4 Å². The number of ketones is 1. The quantitative estimate of drug-likeness (QED) is 0.829. The van der Waals surface area contributed by atoms with Gasteiger partial charge in [0.05, 0.1) is 5.41 Å². The molecule has 0 radical (unpaired) electrons. The summed E-state index contributed by atoms with van der Waals surface area (Å²) in [7, 11) is 0. The fourth-order valence-corrected chi connectivity index (χ4v) is 2.48. The number of aliphatic carboxylic acids is 1. The molecule has 0 heterocycles. The molecule has 1 N–H and O–H groups in total. The van der Waals surface area contributed by atoms with Gasteiger partial charge >= 0.3 is 5.97 Å². The fourth-order valence-electron chi connectivity index (χ4n) is 2.48. The maximum absolute atomic E-state index is 11.7. The SMILES string of the molecule is CC[C@@]1(C(=O)O)CCC(=O)c2ccccc21. The first kappa shape index (κ1) is 10.9. The minimum atomic E-state index is -0.871. The Morgan fingerprint density at radius 2 is 2.12 bits per heavy atom. The molecule has 0 amide bonds. The highest BCUT2D eigenvalue weighted by molar-refractivity contribution is 6.02. The minimum Gasteiger partial charge on any atom is -0.481 e. The van der Waals surface area contributed by atoms with Crippen LogP contribution in [0.2, 0.25) is 0 Å². The summed E-state index contributed by atoms with van der Waals surface area (Å²) in [5.41, 5.74) is 0.393. The summed E-state index contributed by atoms with van der Waals surface area (Å²) in [5, 5.41) is 9.41. The third-order valence-electron chi connectivity index (χ3n) is 3.53. The van der Waals surface area contributed by atoms with Crippen molar-refractivity contribution in [2.45, 2.75) is 31.6 Å². The fraction of sp³-hybridized carbons (Fsp3) is 0.385. The van der Waals surface area contributed by atoms with E-state index in [2.05, 4.69) is 0 Å². The summed E-state index contributed by atoms with van der Waals surface area (Å²) in [4.78, 5) is 23.2. The highest BCUT2D eigenvalue weighted by atomic mass is 16.4. The van der Waals surface area contributed by atoms with Gasteiger partial charge in [0.1, 0.15) is 0 Å². The van der Waals surface area contributed by atoms with Crippen molar-refractivity contribution in [1.82, 2.24) is 0 Å². The molecule has 1 aromatic rings. The molecule has 0 aromatic heterocycles. The Kier molecular flexibility index (Phi) is 2.54. The molecule has 16 heavy (non-hydrogen) atoms. The number of carbonyl (C=O) groups excluding carboxylic acids is 1. The van der Waals surface area contributed by atoms with Crippen LogP contribution in [-0.2, 0) is 10.2 Å². The molecule has 1 aromatic carbocycles. The van der Waals surface area contributed by atoms with Crippen LogP contribution in [0.4, 0.5) is 0 Å². The number of carboxylic acid groups (broad SMARTS) is 1. The molecule has 2 rings (SSSR count). The summed E-state index contributed by atoms with van der Waals surface area (Å²) >= 11 is 0. The number of fused-ring (bicyclic) bond motifs is 1. The first-order chi connectivity index (χ1) is 7.62. The van der Waals surface area contributed by atoms with Crippen LogP contribution in [0, 0.1) is 0 Å². The average molecular weight is 218 g/mol. The van der Waals surface area contributed by atoms with Gasteiger partial charge < -0.3 is 5.11 Å². The van der Waals surface area contributed by atoms with Gasteiger partial charge in [-0.05, 0) is 18.4 Å². The summed E-state index contributed by atoms with van der Waals surface area (Å²) in [5.74, 6) is -0.768. The first-order valence-corrected chi connectivity index (χ1v) is 5.48. The molecule has 1 aliphatic carbocycles. The molecule has 0 unspecified atom stereocenters. The van der Waals surface area contributed by atoms with E-state index in [9.17, 15) is 14.7 Å². The lowest BCUT2D eigenvalue weighted by Gasteiger charge is -2.33. The van der Waals surface area contributed by atoms with Crippen molar-refractivity contribution in [3.8, 4) is 0 Å². The third kappa shape index (κ3) is 1.35. The van der Waals surface area contributed by atoms with Gasteiger partial charge in [-0.15, -0.1) is 0 Å². The molecule has 0 saturated heterocycles. The molecule has 1 atom stereocenters. The Bertz CT molecular complexity index is 450. The predicted molar refractivity (Wildman–Crippen MR) is 59.6 cm³/mol. The molecular formula is C13H14O3. The van der Waals surface area contributed by atoms with Gasteiger partial charge in [-0.25, -0.2) is 0 Å². The second-order valence-corrected chi connectivity index (χ2v) is 4.21. The van der Waals surface area contributed by atoms with Crippen LogP contribution in [-0.4, -0.2) is 16.9 Å². The number of benzene rings is 1. The van der Waals surface area contributed by atoms with E-state index in [1.807, 2.05) is 6.92 Å². The first-order valence-electron chi connectivity index (χ1n) is 5.48. The predicted octanol–water partition coefficient (Wildman–Crippen LogP) is 2.40. The number of Topliss-reactive ketones (excluding diaryl/α,β-unsaturated/α-hetero) is 1. The highest BCUT2D eigenvalue weighted by Gasteiger charge is 2.43. The van der Waals surface area contributed by atoms with Crippen LogP contribution >= 0.6 is 0 Å². The van der Waals surface area contributed by atoms with Crippen molar-refractivity contribution < 1.29 is 14.7 Å². The molecule has 0 bridgehead atoms. The van der Waals surface area contributed by atoms with E-state index in [1.54, 1.807) is 24.3 Å². The summed E-state index contributed by atoms with van der Waals surface area (Å²) < 4.78 is 0. The molecule has 1 aliphatic rings. The molecule has 0 fully saturated rings. The van der Waals surface area contributed by atoms with E-state index in [0.29, 0.717) is 30.4 Å². The second-order valence-electron chi connectivity index (χ2n) is 4.21. The number of carbonyl (C=O) groups is 2.